The van der Waals surface area contributed by atoms with E-state index in [0.29, 0.717) is 36.0 Å². The molecule has 0 spiro atoms. The van der Waals surface area contributed by atoms with Crippen LogP contribution in [0.4, 0.5) is 5.82 Å². The van der Waals surface area contributed by atoms with E-state index in [-0.39, 0.29) is 24.0 Å². The van der Waals surface area contributed by atoms with Crippen LogP contribution in [0.25, 0.3) is 22.0 Å². The third-order valence-electron chi connectivity index (χ3n) is 13.4. The van der Waals surface area contributed by atoms with Crippen LogP contribution >= 0.6 is 0 Å². The molecule has 2 aromatic heterocycles. The van der Waals surface area contributed by atoms with Gasteiger partial charge in [0, 0.05) is 87.2 Å². The van der Waals surface area contributed by atoms with Gasteiger partial charge in [0.1, 0.15) is 11.6 Å². The van der Waals surface area contributed by atoms with E-state index in [1.807, 2.05) is 30.8 Å². The van der Waals surface area contributed by atoms with E-state index in [4.69, 9.17) is 4.98 Å². The molecule has 8 nitrogen and oxygen atoms in total. The number of carbonyl (C=O) groups is 3. The molecule has 3 heterocycles. The SMILES string of the molecule is CC1=CC(C)=C(CCC(=O)c2cc(-c3ccc(N4CCN(CCC(=O)CCC56CC7CC(CC(C7)C5)C6)CC4)nc3)cc3c2cnn3C(C)C)C(=O)C1. The summed E-state index contributed by atoms with van der Waals surface area (Å²) in [7, 11) is 0. The number of anilines is 1. The first-order chi connectivity index (χ1) is 25.5. The second-order valence-corrected chi connectivity index (χ2v) is 17.8. The van der Waals surface area contributed by atoms with Crippen molar-refractivity contribution in [3.05, 3.63) is 65.0 Å². The molecule has 4 bridgehead atoms. The number of ketones is 3. The van der Waals surface area contributed by atoms with Crippen LogP contribution in [-0.2, 0) is 9.59 Å². The number of hydrogen-bond acceptors (Lipinski definition) is 7. The fourth-order valence-corrected chi connectivity index (χ4v) is 11.1. The normalized spacial score (nSPS) is 25.9. The van der Waals surface area contributed by atoms with Crippen molar-refractivity contribution in [2.75, 3.05) is 37.6 Å². The molecule has 6 aliphatic rings. The molecule has 1 aliphatic heterocycles. The topological polar surface area (TPSA) is 88.4 Å². The average Bonchev–Trinajstić information content (AvgIpc) is 3.57. The minimum absolute atomic E-state index is 0.0197. The van der Waals surface area contributed by atoms with Crippen LogP contribution in [0.2, 0.25) is 0 Å². The van der Waals surface area contributed by atoms with E-state index < -0.39 is 0 Å². The summed E-state index contributed by atoms with van der Waals surface area (Å²) in [5, 5.41) is 5.49. The summed E-state index contributed by atoms with van der Waals surface area (Å²) in [5.41, 5.74) is 6.76. The Bertz CT molecular complexity index is 1920. The van der Waals surface area contributed by atoms with Gasteiger partial charge in [0.05, 0.1) is 11.7 Å². The van der Waals surface area contributed by atoms with Gasteiger partial charge in [0.15, 0.2) is 11.6 Å². The number of nitrogens with zero attached hydrogens (tertiary/aromatic N) is 5. The first-order valence-electron chi connectivity index (χ1n) is 20.4. The van der Waals surface area contributed by atoms with Crippen molar-refractivity contribution in [1.82, 2.24) is 19.7 Å². The second kappa shape index (κ2) is 14.7. The number of pyridine rings is 1. The number of allylic oxidation sites excluding steroid dienone is 4. The van der Waals surface area contributed by atoms with Gasteiger partial charge in [-0.3, -0.25) is 24.0 Å². The number of Topliss-reactive ketones (excluding diaryl/α,β-unsaturated/α-hetero) is 3. The molecule has 8 heteroatoms. The Morgan fingerprint density at radius 3 is 2.25 bits per heavy atom. The zero-order chi connectivity index (χ0) is 36.9. The highest BCUT2D eigenvalue weighted by atomic mass is 16.1. The minimum Gasteiger partial charge on any atom is -0.354 e. The quantitative estimate of drug-likeness (QED) is 0.163. The Balaban J connectivity index is 0.879. The van der Waals surface area contributed by atoms with Crippen LogP contribution in [0.15, 0.2) is 59.5 Å². The van der Waals surface area contributed by atoms with E-state index >= 15 is 0 Å². The highest BCUT2D eigenvalue weighted by Gasteiger charge is 2.50. The molecule has 1 saturated heterocycles. The highest BCUT2D eigenvalue weighted by Crippen LogP contribution is 2.61. The van der Waals surface area contributed by atoms with E-state index in [2.05, 4.69) is 53.0 Å². The molecule has 3 aromatic rings. The summed E-state index contributed by atoms with van der Waals surface area (Å²) in [6.45, 7) is 12.6. The summed E-state index contributed by atoms with van der Waals surface area (Å²) in [6, 6.07) is 8.42. The maximum atomic E-state index is 13.8. The predicted octanol–water partition coefficient (Wildman–Crippen LogP) is 8.96. The van der Waals surface area contributed by atoms with Crippen molar-refractivity contribution < 1.29 is 14.4 Å². The number of hydrogen-bond donors (Lipinski definition) is 0. The third-order valence-corrected chi connectivity index (χ3v) is 13.4. The van der Waals surface area contributed by atoms with Gasteiger partial charge < -0.3 is 4.90 Å². The fourth-order valence-electron chi connectivity index (χ4n) is 11.1. The summed E-state index contributed by atoms with van der Waals surface area (Å²) < 4.78 is 1.97. The highest BCUT2D eigenvalue weighted by molar-refractivity contribution is 6.09. The first kappa shape index (κ1) is 36.1. The molecule has 5 fully saturated rings. The van der Waals surface area contributed by atoms with Gasteiger partial charge >= 0.3 is 0 Å². The lowest BCUT2D eigenvalue weighted by molar-refractivity contribution is -0.121. The molecule has 53 heavy (non-hydrogen) atoms. The third kappa shape index (κ3) is 7.58. The molecule has 9 rings (SSSR count). The first-order valence-corrected chi connectivity index (χ1v) is 20.4. The van der Waals surface area contributed by atoms with Crippen molar-refractivity contribution in [2.24, 2.45) is 23.2 Å². The van der Waals surface area contributed by atoms with Gasteiger partial charge in [0.2, 0.25) is 0 Å². The van der Waals surface area contributed by atoms with Gasteiger partial charge in [-0.1, -0.05) is 11.6 Å². The van der Waals surface area contributed by atoms with Crippen LogP contribution in [0, 0.1) is 23.2 Å². The van der Waals surface area contributed by atoms with Gasteiger partial charge in [-0.25, -0.2) is 4.98 Å². The Morgan fingerprint density at radius 2 is 1.60 bits per heavy atom. The van der Waals surface area contributed by atoms with E-state index in [1.165, 1.54) is 38.5 Å². The van der Waals surface area contributed by atoms with Gasteiger partial charge in [-0.2, -0.15) is 5.10 Å². The largest absolute Gasteiger partial charge is 0.354 e. The molecule has 280 valence electrons. The zero-order valence-electron chi connectivity index (χ0n) is 32.3. The molecule has 0 atom stereocenters. The van der Waals surface area contributed by atoms with E-state index in [1.54, 1.807) is 6.20 Å². The summed E-state index contributed by atoms with van der Waals surface area (Å²) in [6.07, 6.45) is 18.1. The second-order valence-electron chi connectivity index (χ2n) is 17.8. The van der Waals surface area contributed by atoms with Crippen molar-refractivity contribution in [2.45, 2.75) is 111 Å². The van der Waals surface area contributed by atoms with Crippen molar-refractivity contribution in [1.29, 1.82) is 0 Å². The fraction of sp³-hybridized carbons (Fsp3) is 0.578. The van der Waals surface area contributed by atoms with Crippen molar-refractivity contribution >= 4 is 34.1 Å². The Kier molecular flexibility index (Phi) is 10.0. The number of fused-ring (bicyclic) bond motifs is 1. The molecule has 0 amide bonds. The zero-order valence-corrected chi connectivity index (χ0v) is 32.3. The number of rotatable bonds is 13. The van der Waals surface area contributed by atoms with E-state index in [9.17, 15) is 14.4 Å². The Labute approximate surface area is 315 Å². The number of carbonyl (C=O) groups excluding carboxylic acids is 3. The summed E-state index contributed by atoms with van der Waals surface area (Å²) in [5.74, 6) is 4.41. The molecule has 0 unspecified atom stereocenters. The Morgan fingerprint density at radius 1 is 0.887 bits per heavy atom. The molecule has 4 saturated carbocycles. The van der Waals surface area contributed by atoms with Gasteiger partial charge in [0.25, 0.3) is 0 Å². The monoisotopic (exact) mass is 715 g/mol. The standard InChI is InChI=1S/C45H57N5O3/c1-29(2)50-41-23-36(22-39(40(41)28-47-50)42(52)7-6-38-31(4)17-30(3)18-43(38)53)35-5-8-44(46-27-35)49-15-13-48(14-16-49)12-10-37(51)9-11-45-24-32-19-33(25-45)21-34(20-32)26-45/h5,8,17,22-23,27-29,32-34H,6-7,9-16,18-21,24-26H2,1-4H3. The van der Waals surface area contributed by atoms with Crippen LogP contribution in [0.3, 0.4) is 0 Å². The predicted molar refractivity (Wildman–Crippen MR) is 211 cm³/mol. The molecule has 0 radical (unpaired) electrons. The minimum atomic E-state index is 0.0197. The average molecular weight is 716 g/mol. The van der Waals surface area contributed by atoms with Gasteiger partial charge in [-0.15, -0.1) is 0 Å². The van der Waals surface area contributed by atoms with Crippen LogP contribution in [0.1, 0.15) is 121 Å². The molecular weight excluding hydrogens is 659 g/mol. The lowest BCUT2D eigenvalue weighted by Gasteiger charge is -2.57. The number of aromatic nitrogens is 3. The van der Waals surface area contributed by atoms with Crippen LogP contribution in [-0.4, -0.2) is 69.7 Å². The van der Waals surface area contributed by atoms with Crippen molar-refractivity contribution in [3.8, 4) is 11.1 Å². The van der Waals surface area contributed by atoms with Crippen LogP contribution < -0.4 is 4.90 Å². The smallest absolute Gasteiger partial charge is 0.163 e. The summed E-state index contributed by atoms with van der Waals surface area (Å²) in [4.78, 5) is 49.3. The maximum absolute atomic E-state index is 13.8. The van der Waals surface area contributed by atoms with E-state index in [0.717, 1.165) is 108 Å². The van der Waals surface area contributed by atoms with Crippen molar-refractivity contribution in [3.63, 3.8) is 0 Å². The Hall–Kier alpha value is -3.91. The maximum Gasteiger partial charge on any atom is 0.163 e. The lowest BCUT2D eigenvalue weighted by atomic mass is 9.48. The molecule has 1 aromatic carbocycles. The number of benzene rings is 1. The van der Waals surface area contributed by atoms with Gasteiger partial charge in [-0.05, 0) is 143 Å². The number of piperazine rings is 1. The molecule has 5 aliphatic carbocycles. The van der Waals surface area contributed by atoms with Crippen LogP contribution in [0.5, 0.6) is 0 Å². The lowest BCUT2D eigenvalue weighted by Crippen LogP contribution is -2.47. The molecular formula is C45H57N5O3. The molecule has 0 N–H and O–H groups in total. The summed E-state index contributed by atoms with van der Waals surface area (Å²) >= 11 is 0.